The van der Waals surface area contributed by atoms with Crippen LogP contribution in [0.15, 0.2) is 54.9 Å². The third kappa shape index (κ3) is 3.96. The van der Waals surface area contributed by atoms with E-state index in [2.05, 4.69) is 32.4 Å². The lowest BCUT2D eigenvalue weighted by molar-refractivity contribution is -0.129. The average molecular weight is 373 g/mol. The summed E-state index contributed by atoms with van der Waals surface area (Å²) in [7, 11) is 0. The number of likely N-dealkylation sites (tertiary alicyclic amines) is 1. The molecule has 28 heavy (non-hydrogen) atoms. The zero-order chi connectivity index (χ0) is 19.3. The molecule has 0 spiro atoms. The molecule has 0 saturated carbocycles. The summed E-state index contributed by atoms with van der Waals surface area (Å²) in [5.74, 6) is 5.26. The molecule has 4 rings (SSSR count). The molecular weight excluding hydrogens is 354 g/mol. The monoisotopic (exact) mass is 373 g/mol. The van der Waals surface area contributed by atoms with Crippen molar-refractivity contribution in [1.29, 1.82) is 0 Å². The Balaban J connectivity index is 1.22. The van der Waals surface area contributed by atoms with Crippen molar-refractivity contribution in [3.8, 4) is 11.8 Å². The van der Waals surface area contributed by atoms with Gasteiger partial charge in [-0.3, -0.25) is 4.79 Å². The molecule has 0 bridgehead atoms. The van der Waals surface area contributed by atoms with Crippen molar-refractivity contribution in [2.45, 2.75) is 12.6 Å². The number of carbonyl (C=O) groups is 2. The maximum Gasteiger partial charge on any atom is 0.315 e. The molecule has 7 nitrogen and oxygen atoms in total. The summed E-state index contributed by atoms with van der Waals surface area (Å²) in [6.45, 7) is 1.33. The van der Waals surface area contributed by atoms with E-state index in [9.17, 15) is 9.59 Å². The zero-order valence-electron chi connectivity index (χ0n) is 15.1. The standard InChI is InChI=1S/C21H19N5O2/c27-19(7-6-15-4-2-1-3-5-15)26-13-17(14-26)25-21(28)24-12-16-8-10-22-20-18(16)9-11-23-20/h1-5,8-11,17H,12-14H2,(H,22,23)(H2,24,25,28). The molecule has 1 aliphatic rings. The molecule has 140 valence electrons. The lowest BCUT2D eigenvalue weighted by atomic mass is 10.1. The van der Waals surface area contributed by atoms with E-state index in [0.29, 0.717) is 19.6 Å². The Hall–Kier alpha value is -3.79. The summed E-state index contributed by atoms with van der Waals surface area (Å²) >= 11 is 0. The largest absolute Gasteiger partial charge is 0.346 e. The number of urea groups is 1. The van der Waals surface area contributed by atoms with E-state index in [4.69, 9.17) is 0 Å². The first kappa shape index (κ1) is 17.6. The highest BCUT2D eigenvalue weighted by Gasteiger charge is 2.30. The quantitative estimate of drug-likeness (QED) is 0.610. The maximum atomic E-state index is 12.1. The van der Waals surface area contributed by atoms with Gasteiger partial charge in [0.1, 0.15) is 5.65 Å². The van der Waals surface area contributed by atoms with E-state index in [-0.39, 0.29) is 18.0 Å². The fourth-order valence-corrected chi connectivity index (χ4v) is 3.05. The molecule has 0 radical (unpaired) electrons. The van der Waals surface area contributed by atoms with Gasteiger partial charge in [0.15, 0.2) is 0 Å². The van der Waals surface area contributed by atoms with Gasteiger partial charge in [-0.05, 0) is 29.8 Å². The van der Waals surface area contributed by atoms with Crippen LogP contribution < -0.4 is 10.6 Å². The number of fused-ring (bicyclic) bond motifs is 1. The van der Waals surface area contributed by atoms with E-state index < -0.39 is 0 Å². The Morgan fingerprint density at radius 3 is 2.82 bits per heavy atom. The topological polar surface area (TPSA) is 90.1 Å². The summed E-state index contributed by atoms with van der Waals surface area (Å²) in [6.07, 6.45) is 3.53. The number of rotatable bonds is 3. The second-order valence-corrected chi connectivity index (χ2v) is 6.56. The number of H-pyrrole nitrogens is 1. The molecule has 0 aliphatic carbocycles. The van der Waals surface area contributed by atoms with Gasteiger partial charge in [0.05, 0.1) is 6.04 Å². The third-order valence-corrected chi connectivity index (χ3v) is 4.58. The van der Waals surface area contributed by atoms with E-state index in [1.807, 2.05) is 48.7 Å². The third-order valence-electron chi connectivity index (χ3n) is 4.58. The van der Waals surface area contributed by atoms with Crippen LogP contribution >= 0.6 is 0 Å². The van der Waals surface area contributed by atoms with Gasteiger partial charge in [-0.2, -0.15) is 0 Å². The van der Waals surface area contributed by atoms with Crippen LogP contribution in [0.4, 0.5) is 4.79 Å². The second kappa shape index (κ2) is 7.84. The highest BCUT2D eigenvalue weighted by molar-refractivity contribution is 5.94. The Morgan fingerprint density at radius 1 is 1.18 bits per heavy atom. The van der Waals surface area contributed by atoms with Gasteiger partial charge in [-0.25, -0.2) is 9.78 Å². The molecule has 3 heterocycles. The molecule has 1 fully saturated rings. The first-order valence-electron chi connectivity index (χ1n) is 9.00. The van der Waals surface area contributed by atoms with Crippen LogP contribution in [-0.2, 0) is 11.3 Å². The van der Waals surface area contributed by atoms with Gasteiger partial charge in [0, 0.05) is 48.9 Å². The molecule has 0 unspecified atom stereocenters. The van der Waals surface area contributed by atoms with Gasteiger partial charge >= 0.3 is 6.03 Å². The van der Waals surface area contributed by atoms with Crippen LogP contribution in [0.5, 0.6) is 0 Å². The molecule has 3 aromatic rings. The fraction of sp³-hybridized carbons (Fsp3) is 0.190. The number of nitrogens with zero attached hydrogens (tertiary/aromatic N) is 2. The van der Waals surface area contributed by atoms with Gasteiger partial charge in [0.25, 0.3) is 5.91 Å². The van der Waals surface area contributed by atoms with Crippen molar-refractivity contribution in [3.05, 3.63) is 66.0 Å². The molecule has 0 atom stereocenters. The van der Waals surface area contributed by atoms with Crippen LogP contribution in [0.25, 0.3) is 11.0 Å². The Labute approximate surface area is 162 Å². The predicted octanol–water partition coefficient (Wildman–Crippen LogP) is 1.62. The Bertz CT molecular complexity index is 1060. The Kier molecular flexibility index (Phi) is 4.93. The number of pyridine rings is 1. The van der Waals surface area contributed by atoms with Gasteiger partial charge in [-0.1, -0.05) is 24.1 Å². The first-order chi connectivity index (χ1) is 13.7. The van der Waals surface area contributed by atoms with Crippen molar-refractivity contribution in [3.63, 3.8) is 0 Å². The minimum atomic E-state index is -0.257. The summed E-state index contributed by atoms with van der Waals surface area (Å²) in [5, 5.41) is 6.71. The molecule has 1 aromatic carbocycles. The summed E-state index contributed by atoms with van der Waals surface area (Å²) in [4.78, 5) is 33.0. The smallest absolute Gasteiger partial charge is 0.315 e. The lowest BCUT2D eigenvalue weighted by Crippen LogP contribution is -2.62. The van der Waals surface area contributed by atoms with Crippen molar-refractivity contribution < 1.29 is 9.59 Å². The molecule has 3 amide bonds. The van der Waals surface area contributed by atoms with Crippen LogP contribution in [0, 0.1) is 11.8 Å². The number of hydrogen-bond donors (Lipinski definition) is 3. The number of benzene rings is 1. The number of aromatic amines is 1. The van der Waals surface area contributed by atoms with Crippen LogP contribution in [0.2, 0.25) is 0 Å². The number of amides is 3. The second-order valence-electron chi connectivity index (χ2n) is 6.56. The SMILES string of the molecule is O=C(NCc1ccnc2[nH]ccc12)NC1CN(C(=O)C#Cc2ccccc2)C1. The summed E-state index contributed by atoms with van der Waals surface area (Å²) < 4.78 is 0. The van der Waals surface area contributed by atoms with Crippen LogP contribution in [-0.4, -0.2) is 45.9 Å². The van der Waals surface area contributed by atoms with Crippen LogP contribution in [0.1, 0.15) is 11.1 Å². The number of nitrogens with one attached hydrogen (secondary N) is 3. The number of carbonyl (C=O) groups excluding carboxylic acids is 2. The molecular formula is C21H19N5O2. The van der Waals surface area contributed by atoms with Crippen molar-refractivity contribution in [2.75, 3.05) is 13.1 Å². The predicted molar refractivity (Wildman–Crippen MR) is 105 cm³/mol. The zero-order valence-corrected chi connectivity index (χ0v) is 15.1. The van der Waals surface area contributed by atoms with E-state index >= 15 is 0 Å². The normalized spacial score (nSPS) is 13.4. The van der Waals surface area contributed by atoms with Crippen LogP contribution in [0.3, 0.4) is 0 Å². The molecule has 1 saturated heterocycles. The van der Waals surface area contributed by atoms with Crippen molar-refractivity contribution in [2.24, 2.45) is 0 Å². The average Bonchev–Trinajstić information content (AvgIpc) is 3.17. The van der Waals surface area contributed by atoms with Gasteiger partial charge < -0.3 is 20.5 Å². The highest BCUT2D eigenvalue weighted by Crippen LogP contribution is 2.14. The Morgan fingerprint density at radius 2 is 2.00 bits per heavy atom. The summed E-state index contributed by atoms with van der Waals surface area (Å²) in [5.41, 5.74) is 2.59. The van der Waals surface area contributed by atoms with E-state index in [1.165, 1.54) is 0 Å². The minimum Gasteiger partial charge on any atom is -0.346 e. The molecule has 3 N–H and O–H groups in total. The maximum absolute atomic E-state index is 12.1. The number of hydrogen-bond acceptors (Lipinski definition) is 3. The van der Waals surface area contributed by atoms with E-state index in [1.54, 1.807) is 11.1 Å². The minimum absolute atomic E-state index is 0.0628. The highest BCUT2D eigenvalue weighted by atomic mass is 16.2. The molecule has 2 aromatic heterocycles. The molecule has 7 heteroatoms. The fourth-order valence-electron chi connectivity index (χ4n) is 3.05. The van der Waals surface area contributed by atoms with E-state index in [0.717, 1.165) is 22.2 Å². The lowest BCUT2D eigenvalue weighted by Gasteiger charge is -2.38. The summed E-state index contributed by atoms with van der Waals surface area (Å²) in [6, 6.07) is 12.9. The van der Waals surface area contributed by atoms with Crippen molar-refractivity contribution >= 4 is 23.0 Å². The number of aromatic nitrogens is 2. The van der Waals surface area contributed by atoms with Gasteiger partial charge in [-0.15, -0.1) is 0 Å². The van der Waals surface area contributed by atoms with Crippen molar-refractivity contribution in [1.82, 2.24) is 25.5 Å². The van der Waals surface area contributed by atoms with Gasteiger partial charge in [0.2, 0.25) is 0 Å². The molecule has 1 aliphatic heterocycles. The first-order valence-corrected chi connectivity index (χ1v) is 9.00.